The van der Waals surface area contributed by atoms with Gasteiger partial charge in [-0.1, -0.05) is 28.8 Å². The van der Waals surface area contributed by atoms with Crippen molar-refractivity contribution in [2.24, 2.45) is 5.41 Å². The monoisotopic (exact) mass is 353 g/mol. The average molecular weight is 354 g/mol. The molecule has 0 amide bonds. The lowest BCUT2D eigenvalue weighted by atomic mass is 9.63. The molecule has 21 heavy (non-hydrogen) atoms. The van der Waals surface area contributed by atoms with Crippen LogP contribution in [0.1, 0.15) is 37.7 Å². The van der Waals surface area contributed by atoms with Crippen molar-refractivity contribution in [3.05, 3.63) is 32.3 Å². The van der Waals surface area contributed by atoms with E-state index in [-0.39, 0.29) is 23.0 Å². The number of nitro groups is 1. The van der Waals surface area contributed by atoms with Crippen LogP contribution in [0.15, 0.2) is 16.6 Å². The molecule has 2 fully saturated rings. The van der Waals surface area contributed by atoms with Crippen molar-refractivity contribution in [2.45, 2.75) is 45.1 Å². The van der Waals surface area contributed by atoms with E-state index in [2.05, 4.69) is 15.9 Å². The van der Waals surface area contributed by atoms with Gasteiger partial charge in [-0.15, -0.1) is 0 Å². The molecule has 0 bridgehead atoms. The summed E-state index contributed by atoms with van der Waals surface area (Å²) in [6, 6.07) is 3.24. The molecule has 112 valence electrons. The molecule has 1 atom stereocenters. The number of carbonyl (C=O) groups is 1. The van der Waals surface area contributed by atoms with Crippen LogP contribution < -0.4 is 4.74 Å². The highest BCUT2D eigenvalue weighted by Crippen LogP contribution is 2.53. The number of aryl methyl sites for hydroxylation is 1. The van der Waals surface area contributed by atoms with Crippen LogP contribution >= 0.6 is 15.9 Å². The number of rotatable bonds is 3. The lowest BCUT2D eigenvalue weighted by Crippen LogP contribution is -2.55. The second-order valence-corrected chi connectivity index (χ2v) is 6.84. The minimum Gasteiger partial charge on any atom is -0.482 e. The van der Waals surface area contributed by atoms with Crippen molar-refractivity contribution >= 4 is 27.4 Å². The van der Waals surface area contributed by atoms with Gasteiger partial charge in [-0.05, 0) is 31.4 Å². The number of ketones is 1. The first kappa shape index (κ1) is 14.5. The SMILES string of the molecule is Cc1cc(Br)cc([N+](=O)[O-])c1OC1CC(=O)C12CCCC2. The number of Topliss-reactive ketones (excluding diaryl/α,β-unsaturated/α-hetero) is 1. The highest BCUT2D eigenvalue weighted by molar-refractivity contribution is 9.10. The maximum atomic E-state index is 12.0. The highest BCUT2D eigenvalue weighted by Gasteiger charge is 2.57. The third-order valence-corrected chi connectivity index (χ3v) is 5.17. The lowest BCUT2D eigenvalue weighted by Gasteiger charge is -2.44. The third kappa shape index (κ3) is 2.25. The first-order valence-corrected chi connectivity index (χ1v) is 7.88. The second-order valence-electron chi connectivity index (χ2n) is 5.93. The van der Waals surface area contributed by atoms with Gasteiger partial charge in [0.05, 0.1) is 10.3 Å². The second kappa shape index (κ2) is 5.09. The van der Waals surface area contributed by atoms with Crippen LogP contribution in [0.25, 0.3) is 0 Å². The topological polar surface area (TPSA) is 69.4 Å². The Labute approximate surface area is 130 Å². The molecule has 2 aliphatic rings. The van der Waals surface area contributed by atoms with Gasteiger partial charge in [0.25, 0.3) is 0 Å². The maximum absolute atomic E-state index is 12.0. The fraction of sp³-hybridized carbons (Fsp3) is 0.533. The highest BCUT2D eigenvalue weighted by atomic mass is 79.9. The van der Waals surface area contributed by atoms with E-state index in [1.54, 1.807) is 13.0 Å². The number of nitrogens with zero attached hydrogens (tertiary/aromatic N) is 1. The molecule has 0 heterocycles. The fourth-order valence-corrected chi connectivity index (χ4v) is 4.08. The summed E-state index contributed by atoms with van der Waals surface area (Å²) in [5.41, 5.74) is 0.283. The summed E-state index contributed by atoms with van der Waals surface area (Å²) in [7, 11) is 0. The van der Waals surface area contributed by atoms with E-state index in [1.807, 2.05) is 0 Å². The van der Waals surface area contributed by atoms with E-state index in [0.29, 0.717) is 22.2 Å². The Bertz CT molecular complexity index is 622. The van der Waals surface area contributed by atoms with Gasteiger partial charge in [0.15, 0.2) is 5.75 Å². The summed E-state index contributed by atoms with van der Waals surface area (Å²) in [6.07, 6.45) is 3.91. The number of nitro benzene ring substituents is 1. The van der Waals surface area contributed by atoms with E-state index in [1.165, 1.54) is 6.07 Å². The summed E-state index contributed by atoms with van der Waals surface area (Å²) >= 11 is 3.27. The van der Waals surface area contributed by atoms with Crippen LogP contribution in [0.2, 0.25) is 0 Å². The summed E-state index contributed by atoms with van der Waals surface area (Å²) in [6.45, 7) is 1.79. The van der Waals surface area contributed by atoms with Gasteiger partial charge < -0.3 is 4.74 Å². The molecule has 0 radical (unpaired) electrons. The predicted octanol–water partition coefficient (Wildman–Crippen LogP) is 3.95. The van der Waals surface area contributed by atoms with E-state index < -0.39 is 4.92 Å². The summed E-state index contributed by atoms with van der Waals surface area (Å²) < 4.78 is 6.61. The van der Waals surface area contributed by atoms with Crippen molar-refractivity contribution in [2.75, 3.05) is 0 Å². The number of ether oxygens (including phenoxy) is 1. The zero-order valence-corrected chi connectivity index (χ0v) is 13.3. The van der Waals surface area contributed by atoms with Crippen LogP contribution in [0.5, 0.6) is 5.75 Å². The van der Waals surface area contributed by atoms with Crippen LogP contribution in [-0.2, 0) is 4.79 Å². The van der Waals surface area contributed by atoms with Crippen LogP contribution in [-0.4, -0.2) is 16.8 Å². The molecule has 0 aromatic heterocycles. The zero-order chi connectivity index (χ0) is 15.2. The summed E-state index contributed by atoms with van der Waals surface area (Å²) in [5.74, 6) is 0.550. The van der Waals surface area contributed by atoms with E-state index >= 15 is 0 Å². The Morgan fingerprint density at radius 1 is 1.38 bits per heavy atom. The van der Waals surface area contributed by atoms with Gasteiger partial charge in [-0.25, -0.2) is 0 Å². The smallest absolute Gasteiger partial charge is 0.312 e. The Hall–Kier alpha value is -1.43. The number of carbonyl (C=O) groups excluding carboxylic acids is 1. The molecule has 1 aromatic rings. The van der Waals surface area contributed by atoms with Gasteiger partial charge in [-0.3, -0.25) is 14.9 Å². The molecular formula is C15H16BrNO4. The number of hydrogen-bond acceptors (Lipinski definition) is 4. The molecule has 0 N–H and O–H groups in total. The molecule has 2 saturated carbocycles. The molecule has 2 aliphatic carbocycles. The molecular weight excluding hydrogens is 338 g/mol. The van der Waals surface area contributed by atoms with Crippen molar-refractivity contribution in [1.29, 1.82) is 0 Å². The molecule has 3 rings (SSSR count). The van der Waals surface area contributed by atoms with Gasteiger partial charge in [0, 0.05) is 17.0 Å². The summed E-state index contributed by atoms with van der Waals surface area (Å²) in [5, 5.41) is 11.2. The standard InChI is InChI=1S/C15H16BrNO4/c1-9-6-10(16)7-11(17(19)20)14(9)21-13-8-12(18)15(13)4-2-3-5-15/h6-7,13H,2-5,8H2,1H3. The Balaban J connectivity index is 1.92. The minimum atomic E-state index is -0.436. The van der Waals surface area contributed by atoms with Crippen LogP contribution in [0.4, 0.5) is 5.69 Å². The average Bonchev–Trinajstić information content (AvgIpc) is 2.92. The van der Waals surface area contributed by atoms with Gasteiger partial charge >= 0.3 is 5.69 Å². The van der Waals surface area contributed by atoms with Crippen LogP contribution in [0.3, 0.4) is 0 Å². The Morgan fingerprint density at radius 2 is 2.05 bits per heavy atom. The van der Waals surface area contributed by atoms with Crippen LogP contribution in [0, 0.1) is 22.5 Å². The largest absolute Gasteiger partial charge is 0.482 e. The zero-order valence-electron chi connectivity index (χ0n) is 11.7. The van der Waals surface area contributed by atoms with Gasteiger partial charge in [0.2, 0.25) is 0 Å². The first-order valence-electron chi connectivity index (χ1n) is 7.08. The third-order valence-electron chi connectivity index (χ3n) is 4.71. The van der Waals surface area contributed by atoms with Crippen molar-refractivity contribution < 1.29 is 14.5 Å². The number of halogens is 1. The van der Waals surface area contributed by atoms with Crippen molar-refractivity contribution in [1.82, 2.24) is 0 Å². The van der Waals surface area contributed by atoms with Gasteiger partial charge in [0.1, 0.15) is 11.9 Å². The van der Waals surface area contributed by atoms with E-state index in [4.69, 9.17) is 4.74 Å². The molecule has 5 nitrogen and oxygen atoms in total. The molecule has 6 heteroatoms. The molecule has 0 saturated heterocycles. The van der Waals surface area contributed by atoms with Gasteiger partial charge in [-0.2, -0.15) is 0 Å². The minimum absolute atomic E-state index is 0.0469. The first-order chi connectivity index (χ1) is 9.94. The molecule has 1 spiro atoms. The maximum Gasteiger partial charge on any atom is 0.312 e. The van der Waals surface area contributed by atoms with E-state index in [9.17, 15) is 14.9 Å². The van der Waals surface area contributed by atoms with Crippen molar-refractivity contribution in [3.8, 4) is 5.75 Å². The quantitative estimate of drug-likeness (QED) is 0.609. The van der Waals surface area contributed by atoms with E-state index in [0.717, 1.165) is 25.7 Å². The Kier molecular flexibility index (Phi) is 3.51. The van der Waals surface area contributed by atoms with Crippen molar-refractivity contribution in [3.63, 3.8) is 0 Å². The Morgan fingerprint density at radius 3 is 2.62 bits per heavy atom. The summed E-state index contributed by atoms with van der Waals surface area (Å²) in [4.78, 5) is 22.8. The molecule has 1 unspecified atom stereocenters. The normalized spacial score (nSPS) is 23.1. The number of benzene rings is 1. The molecule has 1 aromatic carbocycles. The number of hydrogen-bond donors (Lipinski definition) is 0. The molecule has 0 aliphatic heterocycles. The fourth-order valence-electron chi connectivity index (χ4n) is 3.52. The lowest BCUT2D eigenvalue weighted by molar-refractivity contribution is -0.386. The predicted molar refractivity (Wildman–Crippen MR) is 80.5 cm³/mol.